The minimum absolute atomic E-state index is 0.0739. The highest BCUT2D eigenvalue weighted by atomic mass is 32.1. The number of nitrogens with zero attached hydrogens (tertiary/aromatic N) is 6. The van der Waals surface area contributed by atoms with Gasteiger partial charge in [-0.1, -0.05) is 35.9 Å². The van der Waals surface area contributed by atoms with Crippen molar-refractivity contribution in [1.82, 2.24) is 29.9 Å². The van der Waals surface area contributed by atoms with Gasteiger partial charge < -0.3 is 10.1 Å². The zero-order valence-corrected chi connectivity index (χ0v) is 21.6. The maximum Gasteiger partial charge on any atom is 0.436 e. The van der Waals surface area contributed by atoms with E-state index in [9.17, 15) is 9.59 Å². The number of ether oxygens (including phenoxy) is 1. The molecule has 1 aliphatic heterocycles. The van der Waals surface area contributed by atoms with E-state index in [1.165, 1.54) is 15.6 Å². The normalized spacial score (nSPS) is 14.2. The molecule has 3 heterocycles. The fraction of sp³-hybridized carbons (Fsp3) is 0.280. The van der Waals surface area contributed by atoms with E-state index >= 15 is 0 Å². The van der Waals surface area contributed by atoms with Gasteiger partial charge in [0.1, 0.15) is 6.21 Å². The molecule has 1 fully saturated rings. The summed E-state index contributed by atoms with van der Waals surface area (Å²) in [6, 6.07) is 16.5. The van der Waals surface area contributed by atoms with Crippen LogP contribution in [0.5, 0.6) is 0 Å². The number of aromatic amines is 1. The van der Waals surface area contributed by atoms with Crippen LogP contribution < -0.4 is 15.6 Å². The van der Waals surface area contributed by atoms with Crippen LogP contribution in [0.2, 0.25) is 0 Å². The third-order valence-corrected chi connectivity index (χ3v) is 6.41. The van der Waals surface area contributed by atoms with Crippen molar-refractivity contribution in [2.75, 3.05) is 26.3 Å². The Bertz CT molecular complexity index is 1550. The van der Waals surface area contributed by atoms with E-state index in [4.69, 9.17) is 21.5 Å². The Hall–Kier alpha value is -4.20. The lowest BCUT2D eigenvalue weighted by atomic mass is 10.2. The van der Waals surface area contributed by atoms with Crippen molar-refractivity contribution in [3.63, 3.8) is 0 Å². The molecular weight excluding hydrogens is 508 g/mol. The lowest BCUT2D eigenvalue weighted by Gasteiger charge is -2.25. The predicted octanol–water partition coefficient (Wildman–Crippen LogP) is 1.38. The first-order valence-corrected chi connectivity index (χ1v) is 12.5. The summed E-state index contributed by atoms with van der Waals surface area (Å²) in [7, 11) is 0. The first-order chi connectivity index (χ1) is 18.5. The number of carbonyl (C=O) groups excluding carboxylic acids is 1. The van der Waals surface area contributed by atoms with Crippen molar-refractivity contribution >= 4 is 24.3 Å². The number of aromatic nitrogens is 5. The van der Waals surface area contributed by atoms with E-state index in [1.807, 2.05) is 37.3 Å². The topological polar surface area (TPSA) is 127 Å². The van der Waals surface area contributed by atoms with Crippen LogP contribution in [-0.4, -0.2) is 63.1 Å². The molecule has 5 rings (SSSR count). The summed E-state index contributed by atoms with van der Waals surface area (Å²) in [6.45, 7) is 5.26. The molecule has 38 heavy (non-hydrogen) atoms. The molecule has 0 spiro atoms. The van der Waals surface area contributed by atoms with Gasteiger partial charge in [0.15, 0.2) is 5.82 Å². The maximum atomic E-state index is 12.6. The third kappa shape index (κ3) is 5.69. The number of amides is 1. The number of rotatable bonds is 8. The fourth-order valence-corrected chi connectivity index (χ4v) is 4.18. The second-order valence-electron chi connectivity index (χ2n) is 8.71. The Labute approximate surface area is 222 Å². The highest BCUT2D eigenvalue weighted by molar-refractivity contribution is 7.71. The average Bonchev–Trinajstić information content (AvgIpc) is 3.46. The number of hydrogen-bond acceptors (Lipinski definition) is 8. The van der Waals surface area contributed by atoms with Crippen molar-refractivity contribution < 1.29 is 18.7 Å². The Balaban J connectivity index is 1.45. The van der Waals surface area contributed by atoms with Gasteiger partial charge >= 0.3 is 11.3 Å². The minimum atomic E-state index is -0.597. The van der Waals surface area contributed by atoms with E-state index in [0.29, 0.717) is 41.7 Å². The zero-order chi connectivity index (χ0) is 26.5. The molecule has 2 aromatic carbocycles. The third-order valence-electron chi connectivity index (χ3n) is 6.03. The van der Waals surface area contributed by atoms with E-state index in [1.54, 1.807) is 28.9 Å². The highest BCUT2D eigenvalue weighted by Crippen LogP contribution is 2.07. The van der Waals surface area contributed by atoms with E-state index in [-0.39, 0.29) is 18.1 Å². The monoisotopic (exact) mass is 535 g/mol. The summed E-state index contributed by atoms with van der Waals surface area (Å²) in [6.07, 6.45) is 1.36. The van der Waals surface area contributed by atoms with E-state index in [0.717, 1.165) is 18.7 Å². The summed E-state index contributed by atoms with van der Waals surface area (Å²) >= 11 is 5.69. The molecule has 0 atom stereocenters. The van der Waals surface area contributed by atoms with Gasteiger partial charge in [-0.05, 0) is 41.2 Å². The zero-order valence-electron chi connectivity index (χ0n) is 20.7. The number of morpholine rings is 1. The molecule has 1 saturated heterocycles. The van der Waals surface area contributed by atoms with Crippen molar-refractivity contribution in [3.8, 4) is 5.69 Å². The lowest BCUT2D eigenvalue weighted by molar-refractivity contribution is -0.671. The molecule has 2 N–H and O–H groups in total. The minimum Gasteiger partial charge on any atom is -0.379 e. The molecule has 0 unspecified atom stereocenters. The van der Waals surface area contributed by atoms with Crippen molar-refractivity contribution in [1.29, 1.82) is 0 Å². The Morgan fingerprint density at radius 1 is 1.18 bits per heavy atom. The second kappa shape index (κ2) is 11.5. The molecular formula is C25H27N8O4S+. The molecule has 12 nitrogen and oxygen atoms in total. The van der Waals surface area contributed by atoms with E-state index in [2.05, 4.69) is 25.7 Å². The smallest absolute Gasteiger partial charge is 0.379 e. The molecule has 4 aromatic rings. The quantitative estimate of drug-likeness (QED) is 0.198. The molecule has 0 radical (unpaired) electrons. The first-order valence-electron chi connectivity index (χ1n) is 12.1. The lowest BCUT2D eigenvalue weighted by Crippen LogP contribution is -2.38. The SMILES string of the molecule is Cc1ccc(-[n+]2[nH]oc(=O)c2/C=N/n2c(CNC(=O)c3ccccc3)nn(CN3CCOCC3)c2=S)cc1. The van der Waals surface area contributed by atoms with Crippen molar-refractivity contribution in [3.05, 3.63) is 92.4 Å². The predicted molar refractivity (Wildman–Crippen MR) is 140 cm³/mol. The van der Waals surface area contributed by atoms with Crippen LogP contribution in [0.4, 0.5) is 0 Å². The maximum absolute atomic E-state index is 12.6. The number of hydrogen-bond donors (Lipinski definition) is 2. The molecule has 196 valence electrons. The number of nitrogens with one attached hydrogen (secondary N) is 2. The Morgan fingerprint density at radius 2 is 1.92 bits per heavy atom. The van der Waals surface area contributed by atoms with Gasteiger partial charge in [0, 0.05) is 30.8 Å². The summed E-state index contributed by atoms with van der Waals surface area (Å²) in [4.78, 5) is 27.3. The highest BCUT2D eigenvalue weighted by Gasteiger charge is 2.22. The van der Waals surface area contributed by atoms with Crippen LogP contribution in [0, 0.1) is 11.7 Å². The summed E-state index contributed by atoms with van der Waals surface area (Å²) < 4.78 is 15.3. The van der Waals surface area contributed by atoms with Crippen LogP contribution >= 0.6 is 12.2 Å². The Kier molecular flexibility index (Phi) is 7.67. The molecule has 2 aromatic heterocycles. The summed E-state index contributed by atoms with van der Waals surface area (Å²) in [5.41, 5.74) is 1.87. The number of H-pyrrole nitrogens is 1. The van der Waals surface area contributed by atoms with Gasteiger partial charge in [-0.2, -0.15) is 14.9 Å². The van der Waals surface area contributed by atoms with Crippen LogP contribution in [0.3, 0.4) is 0 Å². The van der Waals surface area contributed by atoms with Gasteiger partial charge in [0.25, 0.3) is 5.91 Å². The average molecular weight is 536 g/mol. The van der Waals surface area contributed by atoms with E-state index < -0.39 is 5.63 Å². The fourth-order valence-electron chi connectivity index (χ4n) is 3.93. The molecule has 1 amide bonds. The first kappa shape index (κ1) is 25.4. The molecule has 13 heteroatoms. The Morgan fingerprint density at radius 3 is 2.66 bits per heavy atom. The molecule has 0 saturated carbocycles. The van der Waals surface area contributed by atoms with Gasteiger partial charge in [-0.15, -0.1) is 0 Å². The molecule has 0 bridgehead atoms. The van der Waals surface area contributed by atoms with Crippen LogP contribution in [0.1, 0.15) is 27.4 Å². The van der Waals surface area contributed by atoms with Crippen LogP contribution in [0.15, 0.2) is 69.0 Å². The van der Waals surface area contributed by atoms with Crippen LogP contribution in [0.25, 0.3) is 5.69 Å². The van der Waals surface area contributed by atoms with Crippen LogP contribution in [-0.2, 0) is 18.0 Å². The standard InChI is InChI=1S/C25H26N8O4S/c1-18-7-9-20(10-8-18)32-21(24(35)37-29-32)15-27-33-22(16-26-23(34)19-5-3-2-4-6-19)28-31(25(33)38)17-30-11-13-36-14-12-30/h2-10,15H,11-14,16-17H2,1H3,(H-,26,27,29,34,35)/p+1. The second-order valence-corrected chi connectivity index (χ2v) is 9.08. The van der Waals surface area contributed by atoms with Crippen molar-refractivity contribution in [2.24, 2.45) is 5.10 Å². The van der Waals surface area contributed by atoms with Gasteiger partial charge in [0.05, 0.1) is 26.4 Å². The summed E-state index contributed by atoms with van der Waals surface area (Å²) in [5.74, 6) is 0.156. The number of carbonyl (C=O) groups is 1. The largest absolute Gasteiger partial charge is 0.436 e. The molecule has 1 aliphatic rings. The number of benzene rings is 2. The van der Waals surface area contributed by atoms with Gasteiger partial charge in [-0.25, -0.2) is 9.48 Å². The van der Waals surface area contributed by atoms with Crippen molar-refractivity contribution in [2.45, 2.75) is 20.1 Å². The summed E-state index contributed by atoms with van der Waals surface area (Å²) in [5, 5.41) is 14.6. The number of aryl methyl sites for hydroxylation is 1. The van der Waals surface area contributed by atoms with Gasteiger partial charge in [-0.3, -0.25) is 14.2 Å². The molecule has 0 aliphatic carbocycles. The van der Waals surface area contributed by atoms with Gasteiger partial charge in [0.2, 0.25) is 10.5 Å².